The maximum Gasteiger partial charge on any atom is 0.0521 e. The fourth-order valence-electron chi connectivity index (χ4n) is 2.96. The summed E-state index contributed by atoms with van der Waals surface area (Å²) in [6.45, 7) is 3.29. The van der Waals surface area contributed by atoms with Gasteiger partial charge in [0, 0.05) is 25.2 Å². The first kappa shape index (κ1) is 14.8. The third-order valence-corrected chi connectivity index (χ3v) is 4.23. The van der Waals surface area contributed by atoms with Gasteiger partial charge in [-0.1, -0.05) is 37.3 Å². The van der Waals surface area contributed by atoms with Gasteiger partial charge in [-0.3, -0.25) is 4.68 Å². The Balaban J connectivity index is 2.18. The van der Waals surface area contributed by atoms with Crippen molar-refractivity contribution in [1.82, 2.24) is 15.1 Å². The molecule has 1 N–H and O–H groups in total. The van der Waals surface area contributed by atoms with Crippen LogP contribution < -0.4 is 5.32 Å². The van der Waals surface area contributed by atoms with E-state index in [1.54, 1.807) is 0 Å². The van der Waals surface area contributed by atoms with Crippen LogP contribution in [0, 0.1) is 0 Å². The first-order valence-corrected chi connectivity index (χ1v) is 7.38. The molecule has 1 aromatic heterocycles. The van der Waals surface area contributed by atoms with Crippen LogP contribution in [0.25, 0.3) is 0 Å². The van der Waals surface area contributed by atoms with Crippen molar-refractivity contribution in [3.8, 4) is 0 Å². The number of likely N-dealkylation sites (N-methyl/N-ethyl adjacent to an activating group) is 1. The van der Waals surface area contributed by atoms with Gasteiger partial charge in [0.1, 0.15) is 0 Å². The van der Waals surface area contributed by atoms with Crippen molar-refractivity contribution in [3.63, 3.8) is 0 Å². The minimum absolute atomic E-state index is 0.200. The minimum Gasteiger partial charge on any atom is -0.319 e. The second-order valence-corrected chi connectivity index (χ2v) is 5.55. The van der Waals surface area contributed by atoms with Gasteiger partial charge in [0.05, 0.1) is 6.20 Å². The Bertz CT molecular complexity index is 518. The molecule has 0 aliphatic heterocycles. The van der Waals surface area contributed by atoms with E-state index in [1.165, 1.54) is 11.1 Å². The standard InChI is InChI=1S/C17H25N3/c1-4-17(14-18-2,16-8-6-5-7-9-16)11-10-15-12-19-20(3)13-15/h5-9,12-13,18H,4,10-11,14H2,1-3H3. The molecule has 1 unspecified atom stereocenters. The molecule has 0 aliphatic rings. The highest BCUT2D eigenvalue weighted by Crippen LogP contribution is 2.32. The molecule has 3 nitrogen and oxygen atoms in total. The van der Waals surface area contributed by atoms with Crippen molar-refractivity contribution >= 4 is 0 Å². The first-order valence-electron chi connectivity index (χ1n) is 7.38. The average molecular weight is 271 g/mol. The predicted octanol–water partition coefficient (Wildman–Crippen LogP) is 2.92. The SMILES string of the molecule is CCC(CCc1cnn(C)c1)(CNC)c1ccccc1. The number of nitrogens with one attached hydrogen (secondary N) is 1. The van der Waals surface area contributed by atoms with Crippen LogP contribution in [-0.2, 0) is 18.9 Å². The van der Waals surface area contributed by atoms with E-state index in [4.69, 9.17) is 0 Å². The van der Waals surface area contributed by atoms with Gasteiger partial charge in [-0.2, -0.15) is 5.10 Å². The molecule has 0 aliphatic carbocycles. The molecule has 1 atom stereocenters. The summed E-state index contributed by atoms with van der Waals surface area (Å²) in [6, 6.07) is 10.9. The van der Waals surface area contributed by atoms with Crippen molar-refractivity contribution in [3.05, 3.63) is 53.9 Å². The molecular formula is C17H25N3. The number of aryl methyl sites for hydroxylation is 2. The quantitative estimate of drug-likeness (QED) is 0.839. The Hall–Kier alpha value is -1.61. The van der Waals surface area contributed by atoms with E-state index in [9.17, 15) is 0 Å². The van der Waals surface area contributed by atoms with Crippen LogP contribution in [0.4, 0.5) is 0 Å². The van der Waals surface area contributed by atoms with Gasteiger partial charge >= 0.3 is 0 Å². The Kier molecular flexibility index (Phi) is 4.96. The van der Waals surface area contributed by atoms with Gasteiger partial charge < -0.3 is 5.32 Å². The fraction of sp³-hybridized carbons (Fsp3) is 0.471. The molecule has 1 heterocycles. The summed E-state index contributed by atoms with van der Waals surface area (Å²) in [5.74, 6) is 0. The average Bonchev–Trinajstić information content (AvgIpc) is 2.90. The minimum atomic E-state index is 0.200. The highest BCUT2D eigenvalue weighted by molar-refractivity contribution is 5.26. The molecular weight excluding hydrogens is 246 g/mol. The monoisotopic (exact) mass is 271 g/mol. The Morgan fingerprint density at radius 1 is 1.25 bits per heavy atom. The third-order valence-electron chi connectivity index (χ3n) is 4.23. The number of hydrogen-bond acceptors (Lipinski definition) is 2. The zero-order valence-electron chi connectivity index (χ0n) is 12.8. The number of rotatable bonds is 7. The maximum atomic E-state index is 4.26. The summed E-state index contributed by atoms with van der Waals surface area (Å²) in [5.41, 5.74) is 2.95. The summed E-state index contributed by atoms with van der Waals surface area (Å²) in [7, 11) is 4.01. The lowest BCUT2D eigenvalue weighted by Gasteiger charge is -2.33. The van der Waals surface area contributed by atoms with Gasteiger partial charge in [0.25, 0.3) is 0 Å². The number of benzene rings is 1. The van der Waals surface area contributed by atoms with Gasteiger partial charge in [-0.15, -0.1) is 0 Å². The van der Waals surface area contributed by atoms with Gasteiger partial charge in [-0.05, 0) is 37.4 Å². The molecule has 0 fully saturated rings. The van der Waals surface area contributed by atoms with Crippen LogP contribution in [0.1, 0.15) is 30.9 Å². The van der Waals surface area contributed by atoms with Crippen molar-refractivity contribution in [2.45, 2.75) is 31.6 Å². The van der Waals surface area contributed by atoms with Crippen LogP contribution in [0.3, 0.4) is 0 Å². The maximum absolute atomic E-state index is 4.26. The molecule has 0 radical (unpaired) electrons. The lowest BCUT2D eigenvalue weighted by Crippen LogP contribution is -2.36. The van der Waals surface area contributed by atoms with E-state index in [0.717, 1.165) is 25.8 Å². The van der Waals surface area contributed by atoms with Gasteiger partial charge in [0.15, 0.2) is 0 Å². The molecule has 1 aromatic carbocycles. The second-order valence-electron chi connectivity index (χ2n) is 5.55. The van der Waals surface area contributed by atoms with E-state index in [1.807, 2.05) is 25.0 Å². The fourth-order valence-corrected chi connectivity index (χ4v) is 2.96. The molecule has 20 heavy (non-hydrogen) atoms. The number of nitrogens with zero attached hydrogens (tertiary/aromatic N) is 2. The predicted molar refractivity (Wildman–Crippen MR) is 83.9 cm³/mol. The van der Waals surface area contributed by atoms with Gasteiger partial charge in [-0.25, -0.2) is 0 Å². The number of hydrogen-bond donors (Lipinski definition) is 1. The molecule has 3 heteroatoms. The van der Waals surface area contributed by atoms with Gasteiger partial charge in [0.2, 0.25) is 0 Å². The normalized spacial score (nSPS) is 14.2. The van der Waals surface area contributed by atoms with Crippen molar-refractivity contribution in [2.24, 2.45) is 7.05 Å². The summed E-state index contributed by atoms with van der Waals surface area (Å²) in [4.78, 5) is 0. The smallest absolute Gasteiger partial charge is 0.0521 e. The van der Waals surface area contributed by atoms with Crippen molar-refractivity contribution in [2.75, 3.05) is 13.6 Å². The largest absolute Gasteiger partial charge is 0.319 e. The topological polar surface area (TPSA) is 29.9 Å². The third kappa shape index (κ3) is 3.28. The van der Waals surface area contributed by atoms with E-state index >= 15 is 0 Å². The molecule has 2 rings (SSSR count). The molecule has 0 amide bonds. The highest BCUT2D eigenvalue weighted by Gasteiger charge is 2.29. The van der Waals surface area contributed by atoms with E-state index < -0.39 is 0 Å². The van der Waals surface area contributed by atoms with Crippen molar-refractivity contribution in [1.29, 1.82) is 0 Å². The van der Waals surface area contributed by atoms with E-state index in [2.05, 4.69) is 53.9 Å². The molecule has 0 spiro atoms. The Morgan fingerprint density at radius 3 is 2.55 bits per heavy atom. The van der Waals surface area contributed by atoms with Crippen LogP contribution >= 0.6 is 0 Å². The summed E-state index contributed by atoms with van der Waals surface area (Å²) in [5, 5.41) is 7.64. The van der Waals surface area contributed by atoms with E-state index in [0.29, 0.717) is 0 Å². The highest BCUT2D eigenvalue weighted by atomic mass is 15.2. The van der Waals surface area contributed by atoms with E-state index in [-0.39, 0.29) is 5.41 Å². The lowest BCUT2D eigenvalue weighted by atomic mass is 9.74. The molecule has 0 bridgehead atoms. The number of aromatic nitrogens is 2. The zero-order valence-corrected chi connectivity index (χ0v) is 12.8. The Morgan fingerprint density at radius 2 is 2.00 bits per heavy atom. The second kappa shape index (κ2) is 6.71. The lowest BCUT2D eigenvalue weighted by molar-refractivity contribution is 0.365. The van der Waals surface area contributed by atoms with Crippen LogP contribution in [0.5, 0.6) is 0 Å². The van der Waals surface area contributed by atoms with Crippen molar-refractivity contribution < 1.29 is 0 Å². The summed E-state index contributed by atoms with van der Waals surface area (Å²) < 4.78 is 1.88. The first-order chi connectivity index (χ1) is 9.70. The molecule has 2 aromatic rings. The van der Waals surface area contributed by atoms with Crippen LogP contribution in [0.15, 0.2) is 42.7 Å². The Labute approximate surface area is 122 Å². The summed E-state index contributed by atoms with van der Waals surface area (Å²) >= 11 is 0. The zero-order chi connectivity index (χ0) is 14.4. The molecule has 0 saturated carbocycles. The summed E-state index contributed by atoms with van der Waals surface area (Å²) in [6.07, 6.45) is 7.44. The van der Waals surface area contributed by atoms with Crippen LogP contribution in [-0.4, -0.2) is 23.4 Å². The van der Waals surface area contributed by atoms with Crippen LogP contribution in [0.2, 0.25) is 0 Å². The molecule has 108 valence electrons. The molecule has 0 saturated heterocycles.